The smallest absolute Gasteiger partial charge is 0.0522 e. The number of nitrogens with zero attached hydrogens (tertiary/aromatic N) is 1. The number of hydrogen-bond donors (Lipinski definition) is 1. The highest BCUT2D eigenvalue weighted by Crippen LogP contribution is 2.11. The summed E-state index contributed by atoms with van der Waals surface area (Å²) in [5.74, 6) is 0. The maximum Gasteiger partial charge on any atom is 0.0522 e. The first-order valence-electron chi connectivity index (χ1n) is 4.95. The molecule has 0 aliphatic rings. The number of rotatable bonds is 3. The van der Waals surface area contributed by atoms with E-state index in [1.165, 1.54) is 16.8 Å². The lowest BCUT2D eigenvalue weighted by Crippen LogP contribution is -1.92. The Morgan fingerprint density at radius 2 is 2.00 bits per heavy atom. The average molecular weight is 186 g/mol. The zero-order valence-electron chi connectivity index (χ0n) is 8.33. The molecule has 0 unspecified atom stereocenters. The second-order valence-electron chi connectivity index (χ2n) is 3.39. The summed E-state index contributed by atoms with van der Waals surface area (Å²) in [5.41, 5.74) is 3.87. The van der Waals surface area contributed by atoms with E-state index in [0.29, 0.717) is 0 Å². The van der Waals surface area contributed by atoms with E-state index >= 15 is 0 Å². The molecule has 0 saturated heterocycles. The second-order valence-corrected chi connectivity index (χ2v) is 3.39. The van der Waals surface area contributed by atoms with Crippen molar-refractivity contribution in [3.63, 3.8) is 0 Å². The van der Waals surface area contributed by atoms with Gasteiger partial charge in [0.2, 0.25) is 0 Å². The van der Waals surface area contributed by atoms with Crippen molar-refractivity contribution < 1.29 is 0 Å². The fourth-order valence-corrected chi connectivity index (χ4v) is 1.60. The van der Waals surface area contributed by atoms with Gasteiger partial charge in [-0.15, -0.1) is 0 Å². The summed E-state index contributed by atoms with van der Waals surface area (Å²) < 4.78 is 0. The first-order valence-corrected chi connectivity index (χ1v) is 4.95. The summed E-state index contributed by atoms with van der Waals surface area (Å²) >= 11 is 0. The summed E-state index contributed by atoms with van der Waals surface area (Å²) in [7, 11) is 0. The Bertz CT molecular complexity index is 390. The minimum atomic E-state index is 0.948. The maximum absolute atomic E-state index is 4.06. The van der Waals surface area contributed by atoms with Crippen LogP contribution in [0.3, 0.4) is 0 Å². The fourth-order valence-electron chi connectivity index (χ4n) is 1.60. The van der Waals surface area contributed by atoms with Crippen LogP contribution in [-0.2, 0) is 12.8 Å². The van der Waals surface area contributed by atoms with Gasteiger partial charge in [-0.05, 0) is 17.5 Å². The fraction of sp³-hybridized carbons (Fsp3) is 0.250. The Hall–Kier alpha value is -1.57. The van der Waals surface area contributed by atoms with Crippen molar-refractivity contribution in [3.8, 4) is 0 Å². The summed E-state index contributed by atoms with van der Waals surface area (Å²) in [4.78, 5) is 0. The molecule has 1 heterocycles. The van der Waals surface area contributed by atoms with Crippen LogP contribution in [0.4, 0.5) is 0 Å². The highest BCUT2D eigenvalue weighted by molar-refractivity contribution is 5.25. The van der Waals surface area contributed by atoms with Gasteiger partial charge in [0.1, 0.15) is 0 Å². The molecule has 72 valence electrons. The summed E-state index contributed by atoms with van der Waals surface area (Å²) in [6, 6.07) is 10.5. The van der Waals surface area contributed by atoms with Crippen molar-refractivity contribution in [2.75, 3.05) is 0 Å². The van der Waals surface area contributed by atoms with Gasteiger partial charge >= 0.3 is 0 Å². The standard InChI is InChI=1S/C12H14N2/c1-2-11-9-13-14-12(11)8-10-6-4-3-5-7-10/h3-7,9H,2,8H2,1H3,(H,13,14). The number of nitrogens with one attached hydrogen (secondary N) is 1. The zero-order chi connectivity index (χ0) is 9.80. The molecule has 2 heteroatoms. The molecule has 0 atom stereocenters. The van der Waals surface area contributed by atoms with Crippen LogP contribution < -0.4 is 0 Å². The van der Waals surface area contributed by atoms with E-state index in [-0.39, 0.29) is 0 Å². The molecule has 0 fully saturated rings. The van der Waals surface area contributed by atoms with Crippen LogP contribution in [0.5, 0.6) is 0 Å². The van der Waals surface area contributed by atoms with Crippen LogP contribution in [-0.4, -0.2) is 10.2 Å². The van der Waals surface area contributed by atoms with Gasteiger partial charge in [0.15, 0.2) is 0 Å². The van der Waals surface area contributed by atoms with Crippen LogP contribution in [0.2, 0.25) is 0 Å². The molecule has 0 aliphatic heterocycles. The predicted octanol–water partition coefficient (Wildman–Crippen LogP) is 2.56. The molecule has 2 nitrogen and oxygen atoms in total. The maximum atomic E-state index is 4.06. The van der Waals surface area contributed by atoms with E-state index in [0.717, 1.165) is 12.8 Å². The van der Waals surface area contributed by atoms with E-state index in [4.69, 9.17) is 0 Å². The van der Waals surface area contributed by atoms with Crippen molar-refractivity contribution in [1.82, 2.24) is 10.2 Å². The molecule has 1 aromatic heterocycles. The van der Waals surface area contributed by atoms with Gasteiger partial charge in [-0.3, -0.25) is 5.10 Å². The van der Waals surface area contributed by atoms with Gasteiger partial charge in [0.25, 0.3) is 0 Å². The van der Waals surface area contributed by atoms with Gasteiger partial charge < -0.3 is 0 Å². The van der Waals surface area contributed by atoms with E-state index in [9.17, 15) is 0 Å². The quantitative estimate of drug-likeness (QED) is 0.784. The Balaban J connectivity index is 2.19. The molecular weight excluding hydrogens is 172 g/mol. The third kappa shape index (κ3) is 1.84. The van der Waals surface area contributed by atoms with Crippen molar-refractivity contribution >= 4 is 0 Å². The van der Waals surface area contributed by atoms with Crippen LogP contribution in [0.25, 0.3) is 0 Å². The molecule has 1 N–H and O–H groups in total. The molecule has 0 radical (unpaired) electrons. The SMILES string of the molecule is CCc1cn[nH]c1Cc1ccccc1. The highest BCUT2D eigenvalue weighted by atomic mass is 15.1. The van der Waals surface area contributed by atoms with Crippen LogP contribution in [0.15, 0.2) is 36.5 Å². The number of aromatic nitrogens is 2. The van der Waals surface area contributed by atoms with Crippen LogP contribution >= 0.6 is 0 Å². The van der Waals surface area contributed by atoms with Crippen molar-refractivity contribution in [2.24, 2.45) is 0 Å². The number of benzene rings is 1. The lowest BCUT2D eigenvalue weighted by atomic mass is 10.1. The Morgan fingerprint density at radius 3 is 2.71 bits per heavy atom. The van der Waals surface area contributed by atoms with Crippen molar-refractivity contribution in [3.05, 3.63) is 53.3 Å². The molecule has 0 bridgehead atoms. The molecule has 2 aromatic rings. The normalized spacial score (nSPS) is 10.4. The third-order valence-electron chi connectivity index (χ3n) is 2.41. The summed E-state index contributed by atoms with van der Waals surface area (Å²) in [6.07, 6.45) is 3.90. The number of aryl methyl sites for hydroxylation is 1. The minimum Gasteiger partial charge on any atom is -0.282 e. The minimum absolute atomic E-state index is 0.948. The third-order valence-corrected chi connectivity index (χ3v) is 2.41. The van der Waals surface area contributed by atoms with Gasteiger partial charge in [-0.2, -0.15) is 5.10 Å². The summed E-state index contributed by atoms with van der Waals surface area (Å²) in [6.45, 7) is 2.15. The number of aromatic amines is 1. The van der Waals surface area contributed by atoms with E-state index < -0.39 is 0 Å². The predicted molar refractivity (Wildman–Crippen MR) is 57.2 cm³/mol. The Labute approximate surface area is 84.0 Å². The first-order chi connectivity index (χ1) is 6.90. The molecule has 2 rings (SSSR count). The van der Waals surface area contributed by atoms with E-state index in [1.54, 1.807) is 0 Å². The average Bonchev–Trinajstić information content (AvgIpc) is 2.67. The first kappa shape index (κ1) is 9.00. The van der Waals surface area contributed by atoms with Gasteiger partial charge in [0, 0.05) is 12.1 Å². The van der Waals surface area contributed by atoms with E-state index in [2.05, 4.69) is 41.4 Å². The monoisotopic (exact) mass is 186 g/mol. The lowest BCUT2D eigenvalue weighted by Gasteiger charge is -2.00. The molecule has 1 aromatic carbocycles. The van der Waals surface area contributed by atoms with Gasteiger partial charge in [-0.25, -0.2) is 0 Å². The van der Waals surface area contributed by atoms with Crippen LogP contribution in [0.1, 0.15) is 23.7 Å². The van der Waals surface area contributed by atoms with Gasteiger partial charge in [-0.1, -0.05) is 37.3 Å². The topological polar surface area (TPSA) is 28.7 Å². The number of H-pyrrole nitrogens is 1. The molecule has 0 spiro atoms. The Kier molecular flexibility index (Phi) is 2.63. The Morgan fingerprint density at radius 1 is 1.21 bits per heavy atom. The largest absolute Gasteiger partial charge is 0.282 e. The molecule has 0 aliphatic carbocycles. The lowest BCUT2D eigenvalue weighted by molar-refractivity contribution is 0.979. The second kappa shape index (κ2) is 4.09. The van der Waals surface area contributed by atoms with Crippen LogP contribution in [0, 0.1) is 0 Å². The molecule has 0 amide bonds. The molecule has 14 heavy (non-hydrogen) atoms. The summed E-state index contributed by atoms with van der Waals surface area (Å²) in [5, 5.41) is 7.12. The van der Waals surface area contributed by atoms with Crippen molar-refractivity contribution in [2.45, 2.75) is 19.8 Å². The molecular formula is C12H14N2. The number of hydrogen-bond acceptors (Lipinski definition) is 1. The molecule has 0 saturated carbocycles. The van der Waals surface area contributed by atoms with Gasteiger partial charge in [0.05, 0.1) is 6.20 Å². The zero-order valence-corrected chi connectivity index (χ0v) is 8.33. The van der Waals surface area contributed by atoms with E-state index in [1.807, 2.05) is 12.3 Å². The highest BCUT2D eigenvalue weighted by Gasteiger charge is 2.03. The van der Waals surface area contributed by atoms with Crippen molar-refractivity contribution in [1.29, 1.82) is 0 Å².